The van der Waals surface area contributed by atoms with Crippen molar-refractivity contribution in [3.8, 4) is 0 Å². The zero-order chi connectivity index (χ0) is 9.14. The van der Waals surface area contributed by atoms with E-state index in [2.05, 4.69) is 9.40 Å². The third-order valence-corrected chi connectivity index (χ3v) is 1.10. The maximum absolute atomic E-state index is 11.8. The molecule has 0 spiro atoms. The van der Waals surface area contributed by atoms with E-state index in [-0.39, 0.29) is 5.89 Å². The number of rotatable bonds is 3. The van der Waals surface area contributed by atoms with Gasteiger partial charge in [0.05, 0.1) is 0 Å². The van der Waals surface area contributed by atoms with Crippen LogP contribution in [0.15, 0.2) is 10.7 Å². The van der Waals surface area contributed by atoms with Crippen LogP contribution in [0.4, 0.5) is 8.78 Å². The highest BCUT2D eigenvalue weighted by Gasteiger charge is 2.14. The summed E-state index contributed by atoms with van der Waals surface area (Å²) in [6.07, 6.45) is -2.45. The third-order valence-electron chi connectivity index (χ3n) is 1.10. The number of halogens is 2. The first kappa shape index (κ1) is 8.63. The number of nitrogens with zero attached hydrogens (tertiary/aromatic N) is 1. The van der Waals surface area contributed by atoms with E-state index >= 15 is 0 Å². The Morgan fingerprint density at radius 2 is 2.42 bits per heavy atom. The van der Waals surface area contributed by atoms with E-state index in [0.717, 1.165) is 6.26 Å². The molecule has 0 aliphatic rings. The van der Waals surface area contributed by atoms with Crippen molar-refractivity contribution in [1.82, 2.24) is 4.98 Å². The smallest absolute Gasteiger partial charge is 0.312 e. The monoisotopic (exact) mass is 177 g/mol. The molecule has 0 amide bonds. The Kier molecular flexibility index (Phi) is 2.37. The van der Waals surface area contributed by atoms with E-state index in [1.165, 1.54) is 0 Å². The molecule has 0 saturated carbocycles. The lowest BCUT2D eigenvalue weighted by Crippen LogP contribution is -2.00. The van der Waals surface area contributed by atoms with Gasteiger partial charge in [-0.3, -0.25) is 4.79 Å². The predicted octanol–water partition coefficient (Wildman–Crippen LogP) is 1.24. The molecule has 1 heterocycles. The molecule has 0 aliphatic carbocycles. The van der Waals surface area contributed by atoms with Crippen molar-refractivity contribution < 1.29 is 23.1 Å². The molecule has 0 aliphatic heterocycles. The second-order valence-electron chi connectivity index (χ2n) is 2.04. The minimum absolute atomic E-state index is 0.210. The van der Waals surface area contributed by atoms with Gasteiger partial charge in [-0.2, -0.15) is 0 Å². The van der Waals surface area contributed by atoms with Crippen LogP contribution in [0.5, 0.6) is 0 Å². The van der Waals surface area contributed by atoms with Gasteiger partial charge in [0.25, 0.3) is 6.43 Å². The van der Waals surface area contributed by atoms with Crippen LogP contribution in [0.1, 0.15) is 18.0 Å². The van der Waals surface area contributed by atoms with Crippen molar-refractivity contribution in [2.45, 2.75) is 12.8 Å². The normalized spacial score (nSPS) is 10.6. The number of carbonyl (C=O) groups is 1. The quantitative estimate of drug-likeness (QED) is 0.754. The zero-order valence-electron chi connectivity index (χ0n) is 5.83. The molecule has 6 heteroatoms. The Morgan fingerprint density at radius 3 is 2.83 bits per heavy atom. The molecular formula is C6H5F2NO3. The first-order valence-electron chi connectivity index (χ1n) is 3.04. The summed E-state index contributed by atoms with van der Waals surface area (Å²) >= 11 is 0. The molecule has 12 heavy (non-hydrogen) atoms. The molecular weight excluding hydrogens is 172 g/mol. The van der Waals surface area contributed by atoms with E-state index < -0.39 is 24.5 Å². The number of aromatic nitrogens is 1. The molecule has 66 valence electrons. The molecule has 0 unspecified atom stereocenters. The molecule has 0 aromatic carbocycles. The highest BCUT2D eigenvalue weighted by Crippen LogP contribution is 2.17. The van der Waals surface area contributed by atoms with Crippen molar-refractivity contribution in [1.29, 1.82) is 0 Å². The second kappa shape index (κ2) is 3.29. The molecule has 1 rings (SSSR count). The Bertz CT molecular complexity index is 284. The Labute approximate surface area is 65.8 Å². The van der Waals surface area contributed by atoms with E-state index in [1.807, 2.05) is 0 Å². The average molecular weight is 177 g/mol. The van der Waals surface area contributed by atoms with E-state index in [4.69, 9.17) is 5.11 Å². The van der Waals surface area contributed by atoms with Gasteiger partial charge in [0.15, 0.2) is 0 Å². The summed E-state index contributed by atoms with van der Waals surface area (Å²) in [6.45, 7) is 0. The van der Waals surface area contributed by atoms with Crippen LogP contribution in [0.3, 0.4) is 0 Å². The fourth-order valence-corrected chi connectivity index (χ4v) is 0.636. The molecule has 0 atom stereocenters. The Hall–Kier alpha value is -1.46. The number of carboxylic acids is 1. The standard InChI is InChI=1S/C6H5F2NO3/c7-6(8)3-2-12-4(9-3)1-5(10)11/h2,6H,1H2,(H,10,11). The van der Waals surface area contributed by atoms with Gasteiger partial charge in [-0.25, -0.2) is 13.8 Å². The number of aliphatic carboxylic acids is 1. The largest absolute Gasteiger partial charge is 0.481 e. The zero-order valence-corrected chi connectivity index (χ0v) is 5.83. The molecule has 1 N–H and O–H groups in total. The fourth-order valence-electron chi connectivity index (χ4n) is 0.636. The molecule has 4 nitrogen and oxygen atoms in total. The average Bonchev–Trinajstić information content (AvgIpc) is 2.34. The summed E-state index contributed by atoms with van der Waals surface area (Å²) in [7, 11) is 0. The third kappa shape index (κ3) is 2.01. The Morgan fingerprint density at radius 1 is 1.75 bits per heavy atom. The summed E-state index contributed by atoms with van der Waals surface area (Å²) in [5.41, 5.74) is -0.536. The van der Waals surface area contributed by atoms with Crippen LogP contribution >= 0.6 is 0 Å². The number of hydrogen-bond acceptors (Lipinski definition) is 3. The van der Waals surface area contributed by atoms with Gasteiger partial charge in [0.1, 0.15) is 18.4 Å². The molecule has 0 fully saturated rings. The molecule has 0 radical (unpaired) electrons. The number of alkyl halides is 2. The second-order valence-corrected chi connectivity index (χ2v) is 2.04. The van der Waals surface area contributed by atoms with Crippen LogP contribution in [0.25, 0.3) is 0 Å². The summed E-state index contributed by atoms with van der Waals surface area (Å²) in [6, 6.07) is 0. The lowest BCUT2D eigenvalue weighted by Gasteiger charge is -1.87. The van der Waals surface area contributed by atoms with Gasteiger partial charge >= 0.3 is 5.97 Å². The molecule has 1 aromatic heterocycles. The van der Waals surface area contributed by atoms with Gasteiger partial charge in [-0.1, -0.05) is 0 Å². The molecule has 0 bridgehead atoms. The molecule has 1 aromatic rings. The predicted molar refractivity (Wildman–Crippen MR) is 32.8 cm³/mol. The van der Waals surface area contributed by atoms with E-state index in [0.29, 0.717) is 0 Å². The maximum Gasteiger partial charge on any atom is 0.312 e. The van der Waals surface area contributed by atoms with Gasteiger partial charge < -0.3 is 9.52 Å². The minimum Gasteiger partial charge on any atom is -0.481 e. The summed E-state index contributed by atoms with van der Waals surface area (Å²) in [4.78, 5) is 13.3. The van der Waals surface area contributed by atoms with Gasteiger partial charge in [0, 0.05) is 0 Å². The first-order valence-corrected chi connectivity index (χ1v) is 3.04. The molecule has 0 saturated heterocycles. The van der Waals surface area contributed by atoms with Gasteiger partial charge in [-0.05, 0) is 0 Å². The van der Waals surface area contributed by atoms with Gasteiger partial charge in [0.2, 0.25) is 5.89 Å². The lowest BCUT2D eigenvalue weighted by molar-refractivity contribution is -0.136. The van der Waals surface area contributed by atoms with Crippen molar-refractivity contribution in [3.05, 3.63) is 17.8 Å². The van der Waals surface area contributed by atoms with Gasteiger partial charge in [-0.15, -0.1) is 0 Å². The SMILES string of the molecule is O=C(O)Cc1nc(C(F)F)co1. The van der Waals surface area contributed by atoms with Crippen molar-refractivity contribution >= 4 is 5.97 Å². The van der Waals surface area contributed by atoms with Crippen molar-refractivity contribution in [2.75, 3.05) is 0 Å². The minimum atomic E-state index is -2.73. The van der Waals surface area contributed by atoms with Crippen molar-refractivity contribution in [2.24, 2.45) is 0 Å². The van der Waals surface area contributed by atoms with Crippen LogP contribution in [-0.4, -0.2) is 16.1 Å². The topological polar surface area (TPSA) is 63.3 Å². The lowest BCUT2D eigenvalue weighted by atomic mass is 10.4. The van der Waals surface area contributed by atoms with Crippen LogP contribution in [-0.2, 0) is 11.2 Å². The van der Waals surface area contributed by atoms with Crippen LogP contribution in [0.2, 0.25) is 0 Å². The fraction of sp³-hybridized carbons (Fsp3) is 0.333. The highest BCUT2D eigenvalue weighted by atomic mass is 19.3. The highest BCUT2D eigenvalue weighted by molar-refractivity contribution is 5.68. The first-order chi connectivity index (χ1) is 5.59. The number of carboxylic acid groups (broad SMARTS) is 1. The van der Waals surface area contributed by atoms with E-state index in [1.54, 1.807) is 0 Å². The summed E-state index contributed by atoms with van der Waals surface area (Å²) in [5, 5.41) is 8.23. The summed E-state index contributed by atoms with van der Waals surface area (Å²) in [5.74, 6) is -1.38. The van der Waals surface area contributed by atoms with E-state index in [9.17, 15) is 13.6 Å². The summed E-state index contributed by atoms with van der Waals surface area (Å²) < 4.78 is 28.2. The van der Waals surface area contributed by atoms with Crippen LogP contribution < -0.4 is 0 Å². The van der Waals surface area contributed by atoms with Crippen LogP contribution in [0, 0.1) is 0 Å². The number of oxazole rings is 1. The number of hydrogen-bond donors (Lipinski definition) is 1. The van der Waals surface area contributed by atoms with Crippen molar-refractivity contribution in [3.63, 3.8) is 0 Å². The Balaban J connectivity index is 2.70. The maximum atomic E-state index is 11.8.